The largest absolute Gasteiger partial charge is 0.494 e. The molecule has 1 saturated heterocycles. The van der Waals surface area contributed by atoms with Crippen LogP contribution in [0.25, 0.3) is 0 Å². The molecule has 1 aromatic rings. The van der Waals surface area contributed by atoms with Crippen molar-refractivity contribution in [3.05, 3.63) is 29.8 Å². The second-order valence-electron chi connectivity index (χ2n) is 6.06. The molecule has 1 aliphatic rings. The molecule has 1 unspecified atom stereocenters. The summed E-state index contributed by atoms with van der Waals surface area (Å²) in [6, 6.07) is 8.15. The maximum absolute atomic E-state index is 5.75. The summed E-state index contributed by atoms with van der Waals surface area (Å²) in [6.07, 6.45) is 3.24. The number of aliphatic imine (C=N–C) groups is 1. The third-order valence-corrected chi connectivity index (χ3v) is 3.91. The van der Waals surface area contributed by atoms with E-state index in [4.69, 9.17) is 14.2 Å². The van der Waals surface area contributed by atoms with E-state index in [-0.39, 0.29) is 6.10 Å². The maximum Gasteiger partial charge on any atom is 0.191 e. The van der Waals surface area contributed by atoms with E-state index in [0.29, 0.717) is 6.54 Å². The van der Waals surface area contributed by atoms with Crippen LogP contribution in [0.4, 0.5) is 0 Å². The number of benzene rings is 1. The van der Waals surface area contributed by atoms with Gasteiger partial charge in [0.15, 0.2) is 5.96 Å². The van der Waals surface area contributed by atoms with Crippen LogP contribution in [0.1, 0.15) is 31.7 Å². The van der Waals surface area contributed by atoms with Gasteiger partial charge in [0.2, 0.25) is 0 Å². The van der Waals surface area contributed by atoms with Gasteiger partial charge in [0.1, 0.15) is 5.75 Å². The highest BCUT2D eigenvalue weighted by atomic mass is 16.5. The topological polar surface area (TPSA) is 64.1 Å². The molecular formula is C19H31N3O3. The van der Waals surface area contributed by atoms with Gasteiger partial charge in [-0.3, -0.25) is 4.99 Å². The lowest BCUT2D eigenvalue weighted by atomic mass is 10.2. The molecule has 140 valence electrons. The van der Waals surface area contributed by atoms with E-state index in [1.54, 1.807) is 7.05 Å². The van der Waals surface area contributed by atoms with E-state index in [0.717, 1.165) is 63.9 Å². The minimum atomic E-state index is 0.277. The van der Waals surface area contributed by atoms with E-state index in [1.807, 2.05) is 12.1 Å². The Morgan fingerprint density at radius 3 is 3.00 bits per heavy atom. The highest BCUT2D eigenvalue weighted by molar-refractivity contribution is 5.79. The molecule has 0 amide bonds. The van der Waals surface area contributed by atoms with Crippen LogP contribution in [0.2, 0.25) is 0 Å². The first-order chi connectivity index (χ1) is 12.3. The summed E-state index contributed by atoms with van der Waals surface area (Å²) < 4.78 is 16.7. The van der Waals surface area contributed by atoms with Gasteiger partial charge >= 0.3 is 0 Å². The molecule has 1 heterocycles. The molecule has 1 aromatic carbocycles. The Morgan fingerprint density at radius 1 is 1.32 bits per heavy atom. The van der Waals surface area contributed by atoms with E-state index in [2.05, 4.69) is 34.7 Å². The SMILES string of the molecule is CCCOc1cccc(CNC(=NC)NCCCOC2CCOC2)c1. The van der Waals surface area contributed by atoms with Crippen molar-refractivity contribution >= 4 is 5.96 Å². The number of guanidine groups is 1. The molecule has 25 heavy (non-hydrogen) atoms. The van der Waals surface area contributed by atoms with Gasteiger partial charge in [-0.05, 0) is 37.0 Å². The second kappa shape index (κ2) is 11.7. The van der Waals surface area contributed by atoms with Crippen molar-refractivity contribution in [3.8, 4) is 5.75 Å². The van der Waals surface area contributed by atoms with E-state index >= 15 is 0 Å². The predicted molar refractivity (Wildman–Crippen MR) is 100 cm³/mol. The molecule has 0 aromatic heterocycles. The highest BCUT2D eigenvalue weighted by Gasteiger charge is 2.15. The summed E-state index contributed by atoms with van der Waals surface area (Å²) in [5, 5.41) is 6.63. The van der Waals surface area contributed by atoms with E-state index < -0.39 is 0 Å². The molecular weight excluding hydrogens is 318 g/mol. The van der Waals surface area contributed by atoms with Crippen LogP contribution in [-0.2, 0) is 16.0 Å². The van der Waals surface area contributed by atoms with Gasteiger partial charge in [0.25, 0.3) is 0 Å². The standard InChI is InChI=1S/C19H31N3O3/c1-3-10-24-17-7-4-6-16(13-17)14-22-19(20-2)21-9-5-11-25-18-8-12-23-15-18/h4,6-7,13,18H,3,5,8-12,14-15H2,1-2H3,(H2,20,21,22). The van der Waals surface area contributed by atoms with Crippen LogP contribution in [0.15, 0.2) is 29.3 Å². The molecule has 0 bridgehead atoms. The number of rotatable bonds is 10. The molecule has 2 rings (SSSR count). The van der Waals surface area contributed by atoms with Crippen LogP contribution in [0.3, 0.4) is 0 Å². The van der Waals surface area contributed by atoms with Gasteiger partial charge in [-0.1, -0.05) is 19.1 Å². The van der Waals surface area contributed by atoms with Gasteiger partial charge < -0.3 is 24.8 Å². The van der Waals surface area contributed by atoms with E-state index in [9.17, 15) is 0 Å². The zero-order valence-electron chi connectivity index (χ0n) is 15.4. The fourth-order valence-corrected chi connectivity index (χ4v) is 2.54. The number of ether oxygens (including phenoxy) is 3. The lowest BCUT2D eigenvalue weighted by Gasteiger charge is -2.13. The van der Waals surface area contributed by atoms with Crippen LogP contribution < -0.4 is 15.4 Å². The van der Waals surface area contributed by atoms with Crippen molar-refractivity contribution < 1.29 is 14.2 Å². The number of hydrogen-bond donors (Lipinski definition) is 2. The Morgan fingerprint density at radius 2 is 2.24 bits per heavy atom. The van der Waals surface area contributed by atoms with Crippen LogP contribution >= 0.6 is 0 Å². The zero-order chi connectivity index (χ0) is 17.7. The normalized spacial score (nSPS) is 17.5. The van der Waals surface area contributed by atoms with Gasteiger partial charge in [0.05, 0.1) is 19.3 Å². The number of hydrogen-bond acceptors (Lipinski definition) is 4. The Hall–Kier alpha value is -1.79. The van der Waals surface area contributed by atoms with Crippen LogP contribution in [0, 0.1) is 0 Å². The van der Waals surface area contributed by atoms with Crippen molar-refractivity contribution in [1.82, 2.24) is 10.6 Å². The smallest absolute Gasteiger partial charge is 0.191 e. The Labute approximate surface area is 151 Å². The molecule has 6 nitrogen and oxygen atoms in total. The Bertz CT molecular complexity index is 516. The molecule has 0 saturated carbocycles. The first kappa shape index (κ1) is 19.5. The first-order valence-electron chi connectivity index (χ1n) is 9.17. The molecule has 2 N–H and O–H groups in total. The highest BCUT2D eigenvalue weighted by Crippen LogP contribution is 2.13. The zero-order valence-corrected chi connectivity index (χ0v) is 15.4. The first-order valence-corrected chi connectivity index (χ1v) is 9.17. The summed E-state index contributed by atoms with van der Waals surface area (Å²) in [6.45, 7) is 6.69. The third-order valence-electron chi connectivity index (χ3n) is 3.91. The Kier molecular flexibility index (Phi) is 9.15. The molecule has 1 aliphatic heterocycles. The second-order valence-corrected chi connectivity index (χ2v) is 6.06. The average molecular weight is 349 g/mol. The van der Waals surface area contributed by atoms with Gasteiger partial charge in [-0.2, -0.15) is 0 Å². The Balaban J connectivity index is 1.62. The van der Waals surface area contributed by atoms with E-state index in [1.165, 1.54) is 5.56 Å². The number of nitrogens with one attached hydrogen (secondary N) is 2. The molecule has 1 atom stereocenters. The summed E-state index contributed by atoms with van der Waals surface area (Å²) in [5.74, 6) is 1.71. The van der Waals surface area contributed by atoms with Crippen molar-refractivity contribution in [2.24, 2.45) is 4.99 Å². The lowest BCUT2D eigenvalue weighted by molar-refractivity contribution is 0.0420. The average Bonchev–Trinajstić information content (AvgIpc) is 3.16. The molecule has 0 aliphatic carbocycles. The van der Waals surface area contributed by atoms with Crippen LogP contribution in [-0.4, -0.2) is 52.1 Å². The predicted octanol–water partition coefficient (Wildman–Crippen LogP) is 2.34. The summed E-state index contributed by atoms with van der Waals surface area (Å²) in [7, 11) is 1.78. The van der Waals surface area contributed by atoms with Crippen LogP contribution in [0.5, 0.6) is 5.75 Å². The van der Waals surface area contributed by atoms with Crippen molar-refractivity contribution in [3.63, 3.8) is 0 Å². The fourth-order valence-electron chi connectivity index (χ4n) is 2.54. The maximum atomic E-state index is 5.75. The third kappa shape index (κ3) is 7.75. The number of nitrogens with zero attached hydrogens (tertiary/aromatic N) is 1. The van der Waals surface area contributed by atoms with Gasteiger partial charge in [-0.25, -0.2) is 0 Å². The van der Waals surface area contributed by atoms with Gasteiger partial charge in [0, 0.05) is 33.4 Å². The van der Waals surface area contributed by atoms with Crippen molar-refractivity contribution in [2.45, 2.75) is 38.8 Å². The quantitative estimate of drug-likeness (QED) is 0.386. The molecule has 0 spiro atoms. The monoisotopic (exact) mass is 349 g/mol. The van der Waals surface area contributed by atoms with Crippen molar-refractivity contribution in [1.29, 1.82) is 0 Å². The molecule has 1 fully saturated rings. The minimum Gasteiger partial charge on any atom is -0.494 e. The summed E-state index contributed by atoms with van der Waals surface area (Å²) >= 11 is 0. The minimum absolute atomic E-state index is 0.277. The lowest BCUT2D eigenvalue weighted by Crippen LogP contribution is -2.37. The molecule has 0 radical (unpaired) electrons. The summed E-state index contributed by atoms with van der Waals surface area (Å²) in [5.41, 5.74) is 1.17. The van der Waals surface area contributed by atoms with Crippen molar-refractivity contribution in [2.75, 3.05) is 40.0 Å². The fraction of sp³-hybridized carbons (Fsp3) is 0.632. The summed E-state index contributed by atoms with van der Waals surface area (Å²) in [4.78, 5) is 4.25. The molecule has 6 heteroatoms. The van der Waals surface area contributed by atoms with Gasteiger partial charge in [-0.15, -0.1) is 0 Å².